The minimum Gasteiger partial charge on any atom is -0.490 e. The quantitative estimate of drug-likeness (QED) is 0.729. The predicted molar refractivity (Wildman–Crippen MR) is 120 cm³/mol. The number of halogens is 1. The molecule has 1 heterocycles. The molecule has 0 saturated heterocycles. The van der Waals surface area contributed by atoms with Crippen LogP contribution in [0.1, 0.15) is 47.2 Å². The van der Waals surface area contributed by atoms with Gasteiger partial charge in [-0.15, -0.1) is 0 Å². The summed E-state index contributed by atoms with van der Waals surface area (Å²) < 4.78 is 6.36. The van der Waals surface area contributed by atoms with Gasteiger partial charge in [-0.05, 0) is 85.4 Å². The molecule has 2 aromatic rings. The van der Waals surface area contributed by atoms with Gasteiger partial charge in [0.05, 0.1) is 17.9 Å². The summed E-state index contributed by atoms with van der Waals surface area (Å²) in [7, 11) is 0. The lowest BCUT2D eigenvalue weighted by Gasteiger charge is -2.44. The molecule has 5 nitrogen and oxygen atoms in total. The minimum atomic E-state index is -0.934. The number of aliphatic hydroxyl groups excluding tert-OH is 1. The van der Waals surface area contributed by atoms with Gasteiger partial charge in [-0.3, -0.25) is 0 Å². The third kappa shape index (κ3) is 3.68. The largest absolute Gasteiger partial charge is 0.490 e. The molecule has 0 aromatic heterocycles. The average molecular weight is 442 g/mol. The van der Waals surface area contributed by atoms with E-state index in [0.29, 0.717) is 18.4 Å². The van der Waals surface area contributed by atoms with Crippen molar-refractivity contribution in [2.45, 2.75) is 37.5 Å². The highest BCUT2D eigenvalue weighted by molar-refractivity contribution is 6.30. The van der Waals surface area contributed by atoms with Crippen LogP contribution in [0.2, 0.25) is 5.02 Å². The van der Waals surface area contributed by atoms with E-state index in [9.17, 15) is 15.0 Å². The Kier molecular flexibility index (Phi) is 5.35. The molecule has 3 atom stereocenters. The summed E-state index contributed by atoms with van der Waals surface area (Å²) >= 11 is 6.29. The Labute approximate surface area is 187 Å². The maximum Gasteiger partial charge on any atom is 0.335 e. The van der Waals surface area contributed by atoms with Crippen LogP contribution in [0.15, 0.2) is 36.4 Å². The fourth-order valence-corrected chi connectivity index (χ4v) is 5.84. The number of carboxylic acids is 1. The molecule has 3 aliphatic rings. The molecule has 0 bridgehead atoms. The third-order valence-electron chi connectivity index (χ3n) is 7.55. The lowest BCUT2D eigenvalue weighted by Crippen LogP contribution is -2.48. The molecular formula is C25H28ClNO4. The van der Waals surface area contributed by atoms with E-state index in [0.717, 1.165) is 61.7 Å². The number of aromatic carboxylic acids is 1. The normalized spacial score (nSPS) is 27.0. The Hall–Kier alpha value is -2.24. The number of anilines is 1. The number of nitrogens with zero attached hydrogens (tertiary/aromatic N) is 1. The van der Waals surface area contributed by atoms with E-state index in [2.05, 4.69) is 17.0 Å². The van der Waals surface area contributed by atoms with E-state index in [1.54, 1.807) is 18.2 Å². The second-order valence-electron chi connectivity index (χ2n) is 9.37. The first-order valence-electron chi connectivity index (χ1n) is 11.1. The summed E-state index contributed by atoms with van der Waals surface area (Å²) in [6.07, 6.45) is 5.26. The van der Waals surface area contributed by atoms with Crippen LogP contribution in [-0.4, -0.2) is 42.5 Å². The first kappa shape index (κ1) is 20.7. The molecule has 1 fully saturated rings. The average Bonchev–Trinajstić information content (AvgIpc) is 2.89. The Balaban J connectivity index is 1.56. The summed E-state index contributed by atoms with van der Waals surface area (Å²) in [6, 6.07) is 11.3. The molecule has 2 aliphatic carbocycles. The number of rotatable bonds is 4. The van der Waals surface area contributed by atoms with Crippen molar-refractivity contribution in [2.24, 2.45) is 11.8 Å². The van der Waals surface area contributed by atoms with Crippen molar-refractivity contribution in [3.63, 3.8) is 0 Å². The molecule has 1 spiro atoms. The van der Waals surface area contributed by atoms with Crippen molar-refractivity contribution in [3.05, 3.63) is 58.1 Å². The third-order valence-corrected chi connectivity index (χ3v) is 7.78. The van der Waals surface area contributed by atoms with Crippen molar-refractivity contribution in [3.8, 4) is 5.75 Å². The first-order valence-corrected chi connectivity index (χ1v) is 11.5. The van der Waals surface area contributed by atoms with Gasteiger partial charge in [0.2, 0.25) is 0 Å². The monoisotopic (exact) mass is 441 g/mol. The van der Waals surface area contributed by atoms with Crippen LogP contribution in [0, 0.1) is 11.8 Å². The van der Waals surface area contributed by atoms with E-state index in [1.807, 2.05) is 6.07 Å². The number of benzene rings is 2. The van der Waals surface area contributed by atoms with E-state index in [1.165, 1.54) is 11.1 Å². The number of hydrogen-bond donors (Lipinski definition) is 2. The zero-order chi connectivity index (χ0) is 21.6. The highest BCUT2D eigenvalue weighted by Gasteiger charge is 2.43. The highest BCUT2D eigenvalue weighted by atomic mass is 35.5. The van der Waals surface area contributed by atoms with Crippen molar-refractivity contribution < 1.29 is 19.7 Å². The molecule has 6 heteroatoms. The maximum atomic E-state index is 11.7. The van der Waals surface area contributed by atoms with Crippen LogP contribution in [0.4, 0.5) is 5.69 Å². The van der Waals surface area contributed by atoms with E-state index in [4.69, 9.17) is 16.3 Å². The lowest BCUT2D eigenvalue weighted by molar-refractivity contribution is 0.0697. The standard InChI is InChI=1S/C25H28ClNO4/c26-20-6-7-21-16(10-20)2-1-9-25(21)14-27(12-18-3-4-19(18)13-28)22-11-17(24(29)30)5-8-23(22)31-15-25/h5-8,10-11,18-19,28H,1-4,9,12-15H2,(H,29,30)/t18-,19-,25?/m0/s1. The second-order valence-corrected chi connectivity index (χ2v) is 9.81. The van der Waals surface area contributed by atoms with Crippen molar-refractivity contribution in [1.82, 2.24) is 0 Å². The molecule has 1 saturated carbocycles. The Morgan fingerprint density at radius 1 is 1.19 bits per heavy atom. The van der Waals surface area contributed by atoms with E-state index >= 15 is 0 Å². The van der Waals surface area contributed by atoms with Gasteiger partial charge in [-0.25, -0.2) is 4.79 Å². The molecule has 5 rings (SSSR count). The second kappa shape index (κ2) is 8.03. The fourth-order valence-electron chi connectivity index (χ4n) is 5.65. The number of aliphatic hydroxyl groups is 1. The van der Waals surface area contributed by atoms with Crippen molar-refractivity contribution >= 4 is 23.3 Å². The van der Waals surface area contributed by atoms with Crippen LogP contribution >= 0.6 is 11.6 Å². The molecule has 0 amide bonds. The topological polar surface area (TPSA) is 70.0 Å². The molecule has 31 heavy (non-hydrogen) atoms. The van der Waals surface area contributed by atoms with Gasteiger partial charge in [0, 0.05) is 30.1 Å². The molecular weight excluding hydrogens is 414 g/mol. The van der Waals surface area contributed by atoms with Crippen LogP contribution in [-0.2, 0) is 11.8 Å². The van der Waals surface area contributed by atoms with E-state index in [-0.39, 0.29) is 17.6 Å². The number of ether oxygens (including phenoxy) is 1. The fraction of sp³-hybridized carbons (Fsp3) is 0.480. The Morgan fingerprint density at radius 3 is 2.77 bits per heavy atom. The first-order chi connectivity index (χ1) is 15.0. The smallest absolute Gasteiger partial charge is 0.335 e. The molecule has 2 aromatic carbocycles. The molecule has 0 radical (unpaired) electrons. The van der Waals surface area contributed by atoms with Crippen LogP contribution in [0.5, 0.6) is 5.75 Å². The SMILES string of the molecule is O=C(O)c1ccc2c(c1)N(C[C@@H]1CC[C@H]1CO)CC1(CCCc3cc(Cl)ccc31)CO2. The lowest BCUT2D eigenvalue weighted by atomic mass is 9.69. The van der Waals surface area contributed by atoms with Gasteiger partial charge in [0.1, 0.15) is 5.75 Å². The zero-order valence-electron chi connectivity index (χ0n) is 17.5. The number of carboxylic acid groups (broad SMARTS) is 1. The van der Waals surface area contributed by atoms with Crippen LogP contribution < -0.4 is 9.64 Å². The van der Waals surface area contributed by atoms with Gasteiger partial charge in [-0.1, -0.05) is 17.7 Å². The van der Waals surface area contributed by atoms with Gasteiger partial charge in [0.15, 0.2) is 0 Å². The Bertz CT molecular complexity index is 1010. The van der Waals surface area contributed by atoms with Gasteiger partial charge in [-0.2, -0.15) is 0 Å². The van der Waals surface area contributed by atoms with Crippen molar-refractivity contribution in [1.29, 1.82) is 0 Å². The maximum absolute atomic E-state index is 11.7. The Morgan fingerprint density at radius 2 is 2.03 bits per heavy atom. The van der Waals surface area contributed by atoms with Gasteiger partial charge >= 0.3 is 5.97 Å². The number of hydrogen-bond acceptors (Lipinski definition) is 4. The van der Waals surface area contributed by atoms with Gasteiger partial charge < -0.3 is 19.8 Å². The summed E-state index contributed by atoms with van der Waals surface area (Å²) in [4.78, 5) is 14.0. The molecule has 1 unspecified atom stereocenters. The number of carbonyl (C=O) groups is 1. The minimum absolute atomic E-state index is 0.168. The molecule has 164 valence electrons. The number of fused-ring (bicyclic) bond motifs is 3. The summed E-state index contributed by atoms with van der Waals surface area (Å²) in [5.41, 5.74) is 3.54. The van der Waals surface area contributed by atoms with Crippen molar-refractivity contribution in [2.75, 3.05) is 31.2 Å². The summed E-state index contributed by atoms with van der Waals surface area (Å²) in [5, 5.41) is 20.0. The van der Waals surface area contributed by atoms with Crippen LogP contribution in [0.3, 0.4) is 0 Å². The van der Waals surface area contributed by atoms with E-state index < -0.39 is 5.97 Å². The molecule has 2 N–H and O–H groups in total. The number of aryl methyl sites for hydroxylation is 1. The predicted octanol–water partition coefficient (Wildman–Crippen LogP) is 4.53. The molecule has 1 aliphatic heterocycles. The zero-order valence-corrected chi connectivity index (χ0v) is 18.3. The summed E-state index contributed by atoms with van der Waals surface area (Å²) in [5.74, 6) is 0.539. The highest BCUT2D eigenvalue weighted by Crippen LogP contribution is 2.46. The summed E-state index contributed by atoms with van der Waals surface area (Å²) in [6.45, 7) is 2.34. The van der Waals surface area contributed by atoms with Gasteiger partial charge in [0.25, 0.3) is 0 Å². The van der Waals surface area contributed by atoms with Crippen LogP contribution in [0.25, 0.3) is 0 Å².